The van der Waals surface area contributed by atoms with Crippen molar-refractivity contribution in [3.63, 3.8) is 0 Å². The van der Waals surface area contributed by atoms with Crippen molar-refractivity contribution >= 4 is 24.3 Å². The molecule has 2 aromatic rings. The Bertz CT molecular complexity index is 660. The van der Waals surface area contributed by atoms with Crippen LogP contribution in [-0.4, -0.2) is 28.2 Å². The fourth-order valence-corrected chi connectivity index (χ4v) is 2.06. The third kappa shape index (κ3) is 6.39. The number of hydrogen-bond acceptors (Lipinski definition) is 5. The van der Waals surface area contributed by atoms with Crippen molar-refractivity contribution in [2.75, 3.05) is 0 Å². The predicted octanol–water partition coefficient (Wildman–Crippen LogP) is 1.30. The quantitative estimate of drug-likeness (QED) is 0.658. The number of nitrogens with zero attached hydrogens (tertiary/aromatic N) is 1. The van der Waals surface area contributed by atoms with E-state index in [-0.39, 0.29) is 31.3 Å². The van der Waals surface area contributed by atoms with Gasteiger partial charge >= 0.3 is 5.97 Å². The number of carbonyl (C=O) groups is 2. The van der Waals surface area contributed by atoms with Gasteiger partial charge in [-0.2, -0.15) is 0 Å². The molecule has 0 aliphatic rings. The Labute approximate surface area is 145 Å². The second kappa shape index (κ2) is 9.69. The van der Waals surface area contributed by atoms with Crippen LogP contribution >= 0.6 is 12.4 Å². The summed E-state index contributed by atoms with van der Waals surface area (Å²) in [5.41, 5.74) is 7.41. The van der Waals surface area contributed by atoms with E-state index >= 15 is 0 Å². The maximum atomic E-state index is 12.0. The molecule has 0 aliphatic carbocycles. The molecule has 0 saturated heterocycles. The number of halogens is 1. The molecule has 24 heavy (non-hydrogen) atoms. The molecule has 1 aromatic carbocycles. The molecule has 0 unspecified atom stereocenters. The molecule has 1 heterocycles. The van der Waals surface area contributed by atoms with Gasteiger partial charge in [0.05, 0.1) is 24.7 Å². The molecule has 0 radical (unpaired) electrons. The standard InChI is InChI=1S/C16H19N3O4.ClH/c17-14(8-11-4-2-1-3-5-11)16(22)18-10-13-9-12(19-23-13)6-7-15(20)21;/h1-5,9,14H,6-8,10,17H2,(H,18,22)(H,20,21);1H/t14-;/m0./s1. The lowest BCUT2D eigenvalue weighted by atomic mass is 10.1. The zero-order valence-electron chi connectivity index (χ0n) is 13.0. The van der Waals surface area contributed by atoms with Gasteiger partial charge in [0.2, 0.25) is 5.91 Å². The van der Waals surface area contributed by atoms with E-state index in [4.69, 9.17) is 15.4 Å². The zero-order chi connectivity index (χ0) is 16.7. The Morgan fingerprint density at radius 2 is 2.00 bits per heavy atom. The number of rotatable bonds is 8. The third-order valence-corrected chi connectivity index (χ3v) is 3.27. The van der Waals surface area contributed by atoms with Crippen LogP contribution in [0.2, 0.25) is 0 Å². The number of benzene rings is 1. The summed E-state index contributed by atoms with van der Waals surface area (Å²) in [6.07, 6.45) is 0.730. The van der Waals surface area contributed by atoms with Crippen LogP contribution in [-0.2, 0) is 29.0 Å². The Morgan fingerprint density at radius 3 is 2.67 bits per heavy atom. The Hall–Kier alpha value is -2.38. The lowest BCUT2D eigenvalue weighted by Crippen LogP contribution is -2.41. The van der Waals surface area contributed by atoms with Crippen LogP contribution in [0.4, 0.5) is 0 Å². The van der Waals surface area contributed by atoms with E-state index in [1.807, 2.05) is 30.3 Å². The maximum Gasteiger partial charge on any atom is 0.303 e. The van der Waals surface area contributed by atoms with Crippen LogP contribution in [0.3, 0.4) is 0 Å². The van der Waals surface area contributed by atoms with Crippen LogP contribution in [0.5, 0.6) is 0 Å². The summed E-state index contributed by atoms with van der Waals surface area (Å²) in [7, 11) is 0. The van der Waals surface area contributed by atoms with Crippen molar-refractivity contribution < 1.29 is 19.2 Å². The first-order chi connectivity index (χ1) is 11.0. The molecule has 7 nitrogen and oxygen atoms in total. The molecule has 8 heteroatoms. The fourth-order valence-electron chi connectivity index (χ4n) is 2.06. The van der Waals surface area contributed by atoms with E-state index in [0.717, 1.165) is 5.56 Å². The highest BCUT2D eigenvalue weighted by Crippen LogP contribution is 2.06. The molecule has 1 atom stereocenters. The topological polar surface area (TPSA) is 118 Å². The SMILES string of the molecule is Cl.N[C@@H](Cc1ccccc1)C(=O)NCc1cc(CCC(=O)O)no1. The van der Waals surface area contributed by atoms with Crippen molar-refractivity contribution in [2.24, 2.45) is 5.73 Å². The monoisotopic (exact) mass is 353 g/mol. The van der Waals surface area contributed by atoms with Gasteiger partial charge in [0.1, 0.15) is 0 Å². The second-order valence-electron chi connectivity index (χ2n) is 5.19. The lowest BCUT2D eigenvalue weighted by molar-refractivity contribution is -0.137. The molecular formula is C16H20ClN3O4. The summed E-state index contributed by atoms with van der Waals surface area (Å²) < 4.78 is 5.05. The van der Waals surface area contributed by atoms with Crippen molar-refractivity contribution in [1.82, 2.24) is 10.5 Å². The maximum absolute atomic E-state index is 12.0. The van der Waals surface area contributed by atoms with Crippen LogP contribution in [0.1, 0.15) is 23.4 Å². The van der Waals surface area contributed by atoms with E-state index < -0.39 is 12.0 Å². The van der Waals surface area contributed by atoms with Crippen LogP contribution < -0.4 is 11.1 Å². The van der Waals surface area contributed by atoms with E-state index in [1.54, 1.807) is 6.07 Å². The number of carbonyl (C=O) groups excluding carboxylic acids is 1. The molecular weight excluding hydrogens is 334 g/mol. The highest BCUT2D eigenvalue weighted by atomic mass is 35.5. The van der Waals surface area contributed by atoms with Crippen molar-refractivity contribution in [1.29, 1.82) is 0 Å². The average molecular weight is 354 g/mol. The normalized spacial score (nSPS) is 11.4. The average Bonchev–Trinajstić information content (AvgIpc) is 2.99. The smallest absolute Gasteiger partial charge is 0.303 e. The molecule has 0 fully saturated rings. The number of aliphatic carboxylic acids is 1. The number of nitrogens with one attached hydrogen (secondary N) is 1. The molecule has 130 valence electrons. The van der Waals surface area contributed by atoms with E-state index in [2.05, 4.69) is 10.5 Å². The van der Waals surface area contributed by atoms with Crippen molar-refractivity contribution in [2.45, 2.75) is 31.8 Å². The Balaban J connectivity index is 0.00000288. The number of carboxylic acid groups (broad SMARTS) is 1. The van der Waals surface area contributed by atoms with Gasteiger partial charge in [0.15, 0.2) is 5.76 Å². The first kappa shape index (κ1) is 19.7. The molecule has 2 rings (SSSR count). The number of carboxylic acids is 1. The lowest BCUT2D eigenvalue weighted by Gasteiger charge is -2.11. The summed E-state index contributed by atoms with van der Waals surface area (Å²) in [6.45, 7) is 0.168. The molecule has 1 aromatic heterocycles. The number of amides is 1. The number of aryl methyl sites for hydroxylation is 1. The molecule has 0 bridgehead atoms. The van der Waals surface area contributed by atoms with E-state index in [9.17, 15) is 9.59 Å². The first-order valence-electron chi connectivity index (χ1n) is 7.28. The summed E-state index contributed by atoms with van der Waals surface area (Å²) in [5, 5.41) is 15.1. The van der Waals surface area contributed by atoms with Gasteiger partial charge in [-0.1, -0.05) is 35.5 Å². The van der Waals surface area contributed by atoms with E-state index in [1.165, 1.54) is 0 Å². The van der Waals surface area contributed by atoms with E-state index in [0.29, 0.717) is 24.3 Å². The van der Waals surface area contributed by atoms with Gasteiger partial charge in [-0.15, -0.1) is 12.4 Å². The number of aromatic nitrogens is 1. The molecule has 4 N–H and O–H groups in total. The second-order valence-corrected chi connectivity index (χ2v) is 5.19. The first-order valence-corrected chi connectivity index (χ1v) is 7.28. The summed E-state index contributed by atoms with van der Waals surface area (Å²) in [6, 6.07) is 10.5. The summed E-state index contributed by atoms with van der Waals surface area (Å²) in [4.78, 5) is 22.5. The van der Waals surface area contributed by atoms with Crippen LogP contribution in [0.25, 0.3) is 0 Å². The highest BCUT2D eigenvalue weighted by Gasteiger charge is 2.15. The van der Waals surface area contributed by atoms with Crippen LogP contribution in [0, 0.1) is 0 Å². The van der Waals surface area contributed by atoms with Crippen LogP contribution in [0.15, 0.2) is 40.9 Å². The van der Waals surface area contributed by atoms with Crippen molar-refractivity contribution in [3.8, 4) is 0 Å². The summed E-state index contributed by atoms with van der Waals surface area (Å²) >= 11 is 0. The molecule has 0 aliphatic heterocycles. The molecule has 1 amide bonds. The molecule has 0 saturated carbocycles. The minimum Gasteiger partial charge on any atom is -0.481 e. The minimum atomic E-state index is -0.894. The van der Waals surface area contributed by atoms with Gasteiger partial charge < -0.3 is 20.7 Å². The van der Waals surface area contributed by atoms with Gasteiger partial charge in [-0.05, 0) is 12.0 Å². The van der Waals surface area contributed by atoms with Gasteiger partial charge in [0, 0.05) is 12.5 Å². The van der Waals surface area contributed by atoms with Gasteiger partial charge in [0.25, 0.3) is 0 Å². The van der Waals surface area contributed by atoms with Gasteiger partial charge in [-0.25, -0.2) is 0 Å². The number of nitrogens with two attached hydrogens (primary N) is 1. The third-order valence-electron chi connectivity index (χ3n) is 3.27. The van der Waals surface area contributed by atoms with Crippen molar-refractivity contribution in [3.05, 3.63) is 53.4 Å². The number of hydrogen-bond donors (Lipinski definition) is 3. The molecule has 0 spiro atoms. The summed E-state index contributed by atoms with van der Waals surface area (Å²) in [5.74, 6) is -0.710. The fraction of sp³-hybridized carbons (Fsp3) is 0.312. The predicted molar refractivity (Wildman–Crippen MR) is 89.7 cm³/mol. The Kier molecular flexibility index (Phi) is 7.94. The largest absolute Gasteiger partial charge is 0.481 e. The van der Waals surface area contributed by atoms with Gasteiger partial charge in [-0.3, -0.25) is 9.59 Å². The highest BCUT2D eigenvalue weighted by molar-refractivity contribution is 5.85. The Morgan fingerprint density at radius 1 is 1.29 bits per heavy atom. The zero-order valence-corrected chi connectivity index (χ0v) is 13.8. The minimum absolute atomic E-state index is 0.